The molecule has 1 aliphatic heterocycles. The van der Waals surface area contributed by atoms with Crippen LogP contribution in [0.3, 0.4) is 0 Å². The number of hydrogen-bond acceptors (Lipinski definition) is 4. The van der Waals surface area contributed by atoms with Crippen molar-refractivity contribution in [1.82, 2.24) is 5.01 Å². The summed E-state index contributed by atoms with van der Waals surface area (Å²) in [6, 6.07) is 2.92. The van der Waals surface area contributed by atoms with Crippen LogP contribution >= 0.6 is 23.2 Å². The summed E-state index contributed by atoms with van der Waals surface area (Å²) in [6.07, 6.45) is 6.30. The van der Waals surface area contributed by atoms with Crippen molar-refractivity contribution < 1.29 is 14.7 Å². The van der Waals surface area contributed by atoms with E-state index in [0.717, 1.165) is 11.4 Å². The largest absolute Gasteiger partial charge is 0.505 e. The Hall–Kier alpha value is -1.85. The maximum Gasteiger partial charge on any atom is 0.254 e. The Bertz CT molecular complexity index is 737. The molecule has 2 aliphatic carbocycles. The first-order chi connectivity index (χ1) is 11.0. The van der Waals surface area contributed by atoms with Gasteiger partial charge in [-0.1, -0.05) is 35.4 Å². The highest BCUT2D eigenvalue weighted by Crippen LogP contribution is 2.52. The van der Waals surface area contributed by atoms with Crippen LogP contribution in [-0.2, 0) is 9.59 Å². The van der Waals surface area contributed by atoms with Crippen LogP contribution in [0.4, 0.5) is 0 Å². The third kappa shape index (κ3) is 2.11. The number of nitrogens with zero attached hydrogens (tertiary/aromatic N) is 2. The van der Waals surface area contributed by atoms with Gasteiger partial charge in [0.2, 0.25) is 0 Å². The van der Waals surface area contributed by atoms with E-state index in [0.29, 0.717) is 5.56 Å². The first-order valence-corrected chi connectivity index (χ1v) is 8.01. The molecule has 2 bridgehead atoms. The Labute approximate surface area is 142 Å². The van der Waals surface area contributed by atoms with Crippen LogP contribution in [0.2, 0.25) is 10.0 Å². The van der Waals surface area contributed by atoms with Gasteiger partial charge in [-0.2, -0.15) is 10.1 Å². The van der Waals surface area contributed by atoms with Crippen LogP contribution in [0.15, 0.2) is 29.4 Å². The van der Waals surface area contributed by atoms with Crippen molar-refractivity contribution in [1.29, 1.82) is 0 Å². The summed E-state index contributed by atoms with van der Waals surface area (Å²) in [4.78, 5) is 24.9. The fourth-order valence-electron chi connectivity index (χ4n) is 3.78. The van der Waals surface area contributed by atoms with E-state index in [4.69, 9.17) is 23.2 Å². The molecule has 0 spiro atoms. The van der Waals surface area contributed by atoms with E-state index in [1.165, 1.54) is 18.3 Å². The highest BCUT2D eigenvalue weighted by molar-refractivity contribution is 6.37. The van der Waals surface area contributed by atoms with E-state index in [2.05, 4.69) is 5.10 Å². The minimum Gasteiger partial charge on any atom is -0.505 e. The predicted molar refractivity (Wildman–Crippen MR) is 85.3 cm³/mol. The van der Waals surface area contributed by atoms with Crippen LogP contribution in [0, 0.1) is 23.7 Å². The summed E-state index contributed by atoms with van der Waals surface area (Å²) in [5.41, 5.74) is 0.497. The summed E-state index contributed by atoms with van der Waals surface area (Å²) in [5.74, 6) is -0.953. The van der Waals surface area contributed by atoms with E-state index in [1.54, 1.807) is 0 Å². The summed E-state index contributed by atoms with van der Waals surface area (Å²) >= 11 is 11.7. The average Bonchev–Trinajstić information content (AvgIpc) is 3.18. The second-order valence-corrected chi connectivity index (χ2v) is 6.88. The molecule has 4 rings (SSSR count). The van der Waals surface area contributed by atoms with E-state index >= 15 is 0 Å². The number of phenols is 1. The lowest BCUT2D eigenvalue weighted by Gasteiger charge is -2.13. The maximum absolute atomic E-state index is 12.5. The van der Waals surface area contributed by atoms with Crippen molar-refractivity contribution in [3.8, 4) is 5.75 Å². The molecule has 0 radical (unpaired) electrons. The number of aromatic hydroxyl groups is 1. The zero-order chi connectivity index (χ0) is 16.3. The number of allylic oxidation sites excluding steroid dienone is 2. The van der Waals surface area contributed by atoms with Gasteiger partial charge < -0.3 is 5.11 Å². The van der Waals surface area contributed by atoms with E-state index in [-0.39, 0.29) is 51.3 Å². The third-order valence-electron chi connectivity index (χ3n) is 4.81. The van der Waals surface area contributed by atoms with E-state index in [9.17, 15) is 14.7 Å². The molecule has 2 fully saturated rings. The number of hydrogen-bond donors (Lipinski definition) is 1. The van der Waals surface area contributed by atoms with Crippen molar-refractivity contribution in [2.75, 3.05) is 0 Å². The number of benzene rings is 1. The number of imide groups is 1. The topological polar surface area (TPSA) is 70.0 Å². The fourth-order valence-corrected chi connectivity index (χ4v) is 4.29. The van der Waals surface area contributed by atoms with Crippen LogP contribution < -0.4 is 0 Å². The second kappa shape index (κ2) is 5.08. The van der Waals surface area contributed by atoms with Gasteiger partial charge >= 0.3 is 0 Å². The van der Waals surface area contributed by atoms with Crippen LogP contribution in [-0.4, -0.2) is 28.1 Å². The zero-order valence-corrected chi connectivity index (χ0v) is 13.3. The maximum atomic E-state index is 12.5. The van der Waals surface area contributed by atoms with E-state index in [1.807, 2.05) is 12.2 Å². The van der Waals surface area contributed by atoms with Gasteiger partial charge in [0.1, 0.15) is 0 Å². The van der Waals surface area contributed by atoms with Crippen molar-refractivity contribution in [2.24, 2.45) is 28.8 Å². The SMILES string of the molecule is O=C1[C@@H]2[C@H](C(=O)N1N=Cc1cc(Cl)c(O)c(Cl)c1)[C@H]1C=C[C@H]2C1. The molecule has 5 nitrogen and oxygen atoms in total. The molecule has 23 heavy (non-hydrogen) atoms. The van der Waals surface area contributed by atoms with Crippen LogP contribution in [0.5, 0.6) is 5.75 Å². The quantitative estimate of drug-likeness (QED) is 0.506. The summed E-state index contributed by atoms with van der Waals surface area (Å²) in [7, 11) is 0. The Morgan fingerprint density at radius 3 is 2.13 bits per heavy atom. The number of phenolic OH excluding ortho intramolecular Hbond substituents is 1. The molecule has 1 N–H and O–H groups in total. The number of halogens is 2. The molecule has 1 aromatic carbocycles. The lowest BCUT2D eigenvalue weighted by molar-refractivity contribution is -0.140. The molecule has 3 aliphatic rings. The van der Waals surface area contributed by atoms with E-state index < -0.39 is 0 Å². The Kier molecular flexibility index (Phi) is 3.25. The minimum absolute atomic E-state index is 0.0807. The molecule has 1 aromatic rings. The van der Waals surface area contributed by atoms with Crippen molar-refractivity contribution >= 4 is 41.2 Å². The molecule has 2 amide bonds. The molecule has 1 saturated carbocycles. The van der Waals surface area contributed by atoms with Gasteiger partial charge in [0.15, 0.2) is 5.75 Å². The van der Waals surface area contributed by atoms with Gasteiger partial charge in [0, 0.05) is 0 Å². The average molecular weight is 351 g/mol. The number of carbonyl (C=O) groups is 2. The Morgan fingerprint density at radius 2 is 1.61 bits per heavy atom. The molecular weight excluding hydrogens is 339 g/mol. The zero-order valence-electron chi connectivity index (χ0n) is 11.8. The molecule has 118 valence electrons. The van der Waals surface area contributed by atoms with Crippen molar-refractivity contribution in [3.63, 3.8) is 0 Å². The van der Waals surface area contributed by atoms with Crippen molar-refractivity contribution in [2.45, 2.75) is 6.42 Å². The predicted octanol–water partition coefficient (Wildman–Crippen LogP) is 2.84. The van der Waals surface area contributed by atoms with Gasteiger partial charge in [-0.05, 0) is 36.0 Å². The van der Waals surface area contributed by atoms with Gasteiger partial charge in [-0.3, -0.25) is 9.59 Å². The van der Waals surface area contributed by atoms with Crippen LogP contribution in [0.1, 0.15) is 12.0 Å². The Balaban J connectivity index is 1.60. The third-order valence-corrected chi connectivity index (χ3v) is 5.38. The molecular formula is C16H12Cl2N2O3. The van der Waals surface area contributed by atoms with Gasteiger partial charge in [-0.15, -0.1) is 0 Å². The minimum atomic E-state index is -0.276. The highest BCUT2D eigenvalue weighted by Gasteiger charge is 2.59. The number of hydrazone groups is 1. The molecule has 0 unspecified atom stereocenters. The molecule has 1 heterocycles. The first-order valence-electron chi connectivity index (χ1n) is 7.25. The van der Waals surface area contributed by atoms with Gasteiger partial charge in [-0.25, -0.2) is 0 Å². The molecule has 0 aromatic heterocycles. The summed E-state index contributed by atoms with van der Waals surface area (Å²) < 4.78 is 0. The number of fused-ring (bicyclic) bond motifs is 5. The Morgan fingerprint density at radius 1 is 1.09 bits per heavy atom. The van der Waals surface area contributed by atoms with Gasteiger partial charge in [0.05, 0.1) is 28.1 Å². The summed E-state index contributed by atoms with van der Waals surface area (Å²) in [6.45, 7) is 0. The normalized spacial score (nSPS) is 31.7. The first kappa shape index (κ1) is 14.7. The molecule has 4 atom stereocenters. The molecule has 1 saturated heterocycles. The van der Waals surface area contributed by atoms with Crippen molar-refractivity contribution in [3.05, 3.63) is 39.9 Å². The van der Waals surface area contributed by atoms with Crippen LogP contribution in [0.25, 0.3) is 0 Å². The lowest BCUT2D eigenvalue weighted by Crippen LogP contribution is -2.28. The van der Waals surface area contributed by atoms with Gasteiger partial charge in [0.25, 0.3) is 11.8 Å². The number of amides is 2. The smallest absolute Gasteiger partial charge is 0.254 e. The monoisotopic (exact) mass is 350 g/mol. The fraction of sp³-hybridized carbons (Fsp3) is 0.312. The standard InChI is InChI=1S/C16H12Cl2N2O3/c17-10-3-7(4-11(18)14(10)21)6-19-20-15(22)12-8-1-2-9(5-8)13(12)16(20)23/h1-4,6,8-9,12-13,21H,5H2/t8-,9-,12-,13+/m0/s1. The molecule has 7 heteroatoms. The number of carbonyl (C=O) groups excluding carboxylic acids is 2. The summed E-state index contributed by atoms with van der Waals surface area (Å²) in [5, 5.41) is 14.7. The second-order valence-electron chi connectivity index (χ2n) is 6.07. The lowest BCUT2D eigenvalue weighted by atomic mass is 9.85. The number of rotatable bonds is 2. The highest BCUT2D eigenvalue weighted by atomic mass is 35.5.